The lowest BCUT2D eigenvalue weighted by atomic mass is 10.1. The van der Waals surface area contributed by atoms with E-state index < -0.39 is 6.10 Å². The first-order chi connectivity index (χ1) is 8.32. The van der Waals surface area contributed by atoms with Crippen molar-refractivity contribution in [3.8, 4) is 0 Å². The molecule has 3 N–H and O–H groups in total. The lowest BCUT2D eigenvalue weighted by Gasteiger charge is -2.29. The van der Waals surface area contributed by atoms with Crippen LogP contribution in [0.5, 0.6) is 0 Å². The van der Waals surface area contributed by atoms with Crippen molar-refractivity contribution in [2.75, 3.05) is 11.4 Å². The van der Waals surface area contributed by atoms with E-state index in [2.05, 4.69) is 15.9 Å². The Morgan fingerprint density at radius 2 is 2.06 bits per heavy atom. The molecule has 0 spiro atoms. The molecule has 1 amide bonds. The SMILES string of the molecule is CC(C)N(CC(N)=O)c1ccc([C@H](C)O)cc1Br. The first-order valence-electron chi connectivity index (χ1n) is 5.85. The Labute approximate surface area is 116 Å². The zero-order valence-corrected chi connectivity index (χ0v) is 12.4. The fourth-order valence-corrected chi connectivity index (χ4v) is 2.35. The normalized spacial score (nSPS) is 12.6. The van der Waals surface area contributed by atoms with Crippen LogP contribution in [0.3, 0.4) is 0 Å². The van der Waals surface area contributed by atoms with Crippen LogP contribution in [-0.2, 0) is 4.79 Å². The minimum absolute atomic E-state index is 0.159. The molecule has 1 rings (SSSR count). The average Bonchev–Trinajstić information content (AvgIpc) is 2.25. The Morgan fingerprint density at radius 3 is 2.44 bits per heavy atom. The second-order valence-corrected chi connectivity index (χ2v) is 5.43. The molecule has 0 aromatic heterocycles. The summed E-state index contributed by atoms with van der Waals surface area (Å²) in [6, 6.07) is 5.75. The van der Waals surface area contributed by atoms with Gasteiger partial charge in [0.05, 0.1) is 18.3 Å². The van der Waals surface area contributed by atoms with Crippen molar-refractivity contribution in [3.63, 3.8) is 0 Å². The maximum Gasteiger partial charge on any atom is 0.236 e. The van der Waals surface area contributed by atoms with Gasteiger partial charge < -0.3 is 15.7 Å². The van der Waals surface area contributed by atoms with Gasteiger partial charge in [0, 0.05) is 10.5 Å². The number of aliphatic hydroxyl groups is 1. The lowest BCUT2D eigenvalue weighted by molar-refractivity contribution is -0.116. The van der Waals surface area contributed by atoms with Crippen molar-refractivity contribution < 1.29 is 9.90 Å². The van der Waals surface area contributed by atoms with Crippen LogP contribution < -0.4 is 10.6 Å². The van der Waals surface area contributed by atoms with Gasteiger partial charge in [-0.25, -0.2) is 0 Å². The van der Waals surface area contributed by atoms with Gasteiger partial charge in [-0.3, -0.25) is 4.79 Å². The van der Waals surface area contributed by atoms with E-state index in [1.54, 1.807) is 6.92 Å². The number of primary amides is 1. The molecule has 0 unspecified atom stereocenters. The molecule has 18 heavy (non-hydrogen) atoms. The molecule has 0 fully saturated rings. The number of nitrogens with two attached hydrogens (primary N) is 1. The van der Waals surface area contributed by atoms with Crippen LogP contribution >= 0.6 is 15.9 Å². The third kappa shape index (κ3) is 3.71. The molecule has 0 aliphatic rings. The molecule has 0 bridgehead atoms. The van der Waals surface area contributed by atoms with E-state index in [0.717, 1.165) is 15.7 Å². The van der Waals surface area contributed by atoms with Gasteiger partial charge in [0.25, 0.3) is 0 Å². The van der Waals surface area contributed by atoms with E-state index in [-0.39, 0.29) is 18.5 Å². The van der Waals surface area contributed by atoms with E-state index in [9.17, 15) is 9.90 Å². The minimum atomic E-state index is -0.515. The Balaban J connectivity index is 3.09. The third-order valence-electron chi connectivity index (χ3n) is 2.71. The van der Waals surface area contributed by atoms with E-state index in [4.69, 9.17) is 5.73 Å². The zero-order chi connectivity index (χ0) is 13.9. The number of carbonyl (C=O) groups excluding carboxylic acids is 1. The largest absolute Gasteiger partial charge is 0.389 e. The highest BCUT2D eigenvalue weighted by Gasteiger charge is 2.16. The molecule has 0 aliphatic carbocycles. The summed E-state index contributed by atoms with van der Waals surface area (Å²) in [5.74, 6) is -0.366. The Morgan fingerprint density at radius 1 is 1.44 bits per heavy atom. The number of rotatable bonds is 5. The topological polar surface area (TPSA) is 66.6 Å². The van der Waals surface area contributed by atoms with Gasteiger partial charge in [0.2, 0.25) is 5.91 Å². The first kappa shape index (κ1) is 15.0. The maximum atomic E-state index is 11.1. The average molecular weight is 315 g/mol. The van der Waals surface area contributed by atoms with Crippen molar-refractivity contribution in [1.29, 1.82) is 0 Å². The second-order valence-electron chi connectivity index (χ2n) is 4.57. The molecule has 0 radical (unpaired) electrons. The number of benzene rings is 1. The number of carbonyl (C=O) groups is 1. The summed E-state index contributed by atoms with van der Waals surface area (Å²) in [6.07, 6.45) is -0.515. The molecule has 5 heteroatoms. The van der Waals surface area contributed by atoms with Gasteiger partial charge in [-0.1, -0.05) is 6.07 Å². The fraction of sp³-hybridized carbons (Fsp3) is 0.462. The highest BCUT2D eigenvalue weighted by atomic mass is 79.9. The van der Waals surface area contributed by atoms with Gasteiger partial charge in [-0.2, -0.15) is 0 Å². The smallest absolute Gasteiger partial charge is 0.236 e. The van der Waals surface area contributed by atoms with Gasteiger partial charge in [-0.05, 0) is 54.4 Å². The van der Waals surface area contributed by atoms with E-state index >= 15 is 0 Å². The van der Waals surface area contributed by atoms with Crippen molar-refractivity contribution in [3.05, 3.63) is 28.2 Å². The van der Waals surface area contributed by atoms with Crippen LogP contribution in [-0.4, -0.2) is 23.6 Å². The first-order valence-corrected chi connectivity index (χ1v) is 6.64. The summed E-state index contributed by atoms with van der Waals surface area (Å²) in [5.41, 5.74) is 6.98. The second kappa shape index (κ2) is 6.20. The molecule has 0 heterocycles. The van der Waals surface area contributed by atoms with Crippen LogP contribution in [0.25, 0.3) is 0 Å². The summed E-state index contributed by atoms with van der Waals surface area (Å²) in [5, 5.41) is 9.52. The highest BCUT2D eigenvalue weighted by molar-refractivity contribution is 9.10. The fourth-order valence-electron chi connectivity index (χ4n) is 1.73. The molecular weight excluding hydrogens is 296 g/mol. The number of nitrogens with zero attached hydrogens (tertiary/aromatic N) is 1. The van der Waals surface area contributed by atoms with E-state index in [1.807, 2.05) is 36.9 Å². The van der Waals surface area contributed by atoms with E-state index in [1.165, 1.54) is 0 Å². The summed E-state index contributed by atoms with van der Waals surface area (Å²) < 4.78 is 0.843. The van der Waals surface area contributed by atoms with E-state index in [0.29, 0.717) is 0 Å². The molecule has 100 valence electrons. The van der Waals surface area contributed by atoms with Crippen LogP contribution in [0.4, 0.5) is 5.69 Å². The molecular formula is C13H19BrN2O2. The number of halogens is 1. The summed E-state index contributed by atoms with van der Waals surface area (Å²) in [7, 11) is 0. The van der Waals surface area contributed by atoms with Crippen molar-refractivity contribution in [1.82, 2.24) is 0 Å². The minimum Gasteiger partial charge on any atom is -0.389 e. The molecule has 0 saturated carbocycles. The van der Waals surface area contributed by atoms with Crippen LogP contribution in [0.2, 0.25) is 0 Å². The summed E-state index contributed by atoms with van der Waals surface area (Å²) in [4.78, 5) is 13.0. The zero-order valence-electron chi connectivity index (χ0n) is 10.9. The van der Waals surface area contributed by atoms with Gasteiger partial charge in [0.1, 0.15) is 0 Å². The Kier molecular flexibility index (Phi) is 5.16. The molecule has 1 aromatic rings. The number of aliphatic hydroxyl groups excluding tert-OH is 1. The van der Waals surface area contributed by atoms with Crippen LogP contribution in [0.1, 0.15) is 32.4 Å². The molecule has 1 atom stereocenters. The predicted octanol–water partition coefficient (Wildman–Crippen LogP) is 2.20. The van der Waals surface area contributed by atoms with Crippen molar-refractivity contribution in [2.45, 2.75) is 32.9 Å². The molecule has 1 aromatic carbocycles. The number of amides is 1. The Bertz CT molecular complexity index is 433. The molecule has 4 nitrogen and oxygen atoms in total. The predicted molar refractivity (Wildman–Crippen MR) is 76.5 cm³/mol. The van der Waals surface area contributed by atoms with Crippen molar-refractivity contribution in [2.24, 2.45) is 5.73 Å². The van der Waals surface area contributed by atoms with Gasteiger partial charge in [-0.15, -0.1) is 0 Å². The lowest BCUT2D eigenvalue weighted by Crippen LogP contribution is -2.38. The summed E-state index contributed by atoms with van der Waals surface area (Å²) in [6.45, 7) is 5.88. The summed E-state index contributed by atoms with van der Waals surface area (Å²) >= 11 is 3.47. The standard InChI is InChI=1S/C13H19BrN2O2/c1-8(2)16(7-13(15)18)12-5-4-10(9(3)17)6-11(12)14/h4-6,8-9,17H,7H2,1-3H3,(H2,15,18)/t9-/m0/s1. The molecule has 0 saturated heterocycles. The van der Waals surface area contributed by atoms with Gasteiger partial charge >= 0.3 is 0 Å². The Hall–Kier alpha value is -1.07. The third-order valence-corrected chi connectivity index (χ3v) is 3.35. The highest BCUT2D eigenvalue weighted by Crippen LogP contribution is 2.30. The van der Waals surface area contributed by atoms with Crippen molar-refractivity contribution >= 4 is 27.5 Å². The van der Waals surface area contributed by atoms with Crippen LogP contribution in [0.15, 0.2) is 22.7 Å². The maximum absolute atomic E-state index is 11.1. The number of anilines is 1. The molecule has 0 aliphatic heterocycles. The monoisotopic (exact) mass is 314 g/mol. The van der Waals surface area contributed by atoms with Crippen LogP contribution in [0, 0.1) is 0 Å². The quantitative estimate of drug-likeness (QED) is 0.875. The number of hydrogen-bond donors (Lipinski definition) is 2. The number of hydrogen-bond acceptors (Lipinski definition) is 3. The van der Waals surface area contributed by atoms with Gasteiger partial charge in [0.15, 0.2) is 0 Å².